The fourth-order valence-corrected chi connectivity index (χ4v) is 6.70. The molecule has 0 amide bonds. The van der Waals surface area contributed by atoms with Gasteiger partial charge in [-0.05, 0) is 61.7 Å². The lowest BCUT2D eigenvalue weighted by Crippen LogP contribution is -2.59. The molecule has 3 heteroatoms. The summed E-state index contributed by atoms with van der Waals surface area (Å²) in [6.07, 6.45) is 18.0. The molecular weight excluding hydrogens is 294 g/mol. The van der Waals surface area contributed by atoms with E-state index in [0.29, 0.717) is 0 Å². The topological polar surface area (TPSA) is 18.5 Å². The Kier molecular flexibility index (Phi) is 4.62. The van der Waals surface area contributed by atoms with Gasteiger partial charge in [0.1, 0.15) is 0 Å². The first-order valence-corrected chi connectivity index (χ1v) is 11.2. The predicted molar refractivity (Wildman–Crippen MR) is 98.1 cm³/mol. The van der Waals surface area contributed by atoms with E-state index in [2.05, 4.69) is 15.6 Å². The Bertz CT molecular complexity index is 439. The van der Waals surface area contributed by atoms with Gasteiger partial charge in [-0.1, -0.05) is 44.9 Å². The van der Waals surface area contributed by atoms with Crippen LogP contribution in [0, 0.1) is 29.6 Å². The molecule has 4 bridgehead atoms. The van der Waals surface area contributed by atoms with Crippen LogP contribution in [-0.2, 0) is 0 Å². The summed E-state index contributed by atoms with van der Waals surface area (Å²) in [6, 6.07) is 0.857. The van der Waals surface area contributed by atoms with Crippen molar-refractivity contribution in [2.24, 2.45) is 29.6 Å². The van der Waals surface area contributed by atoms with Gasteiger partial charge < -0.3 is 0 Å². The van der Waals surface area contributed by atoms with Crippen LogP contribution in [0.3, 0.4) is 0 Å². The van der Waals surface area contributed by atoms with Crippen molar-refractivity contribution in [3.63, 3.8) is 0 Å². The second kappa shape index (κ2) is 6.89. The molecule has 2 aliphatic carbocycles. The van der Waals surface area contributed by atoms with Crippen LogP contribution in [0.15, 0.2) is 0 Å². The van der Waals surface area contributed by atoms with Crippen molar-refractivity contribution in [1.29, 1.82) is 0 Å². The summed E-state index contributed by atoms with van der Waals surface area (Å²) in [7, 11) is 0. The largest absolute Gasteiger partial charge is 0.241 e. The highest BCUT2D eigenvalue weighted by atomic mass is 15.8. The maximum Gasteiger partial charge on any atom is 0.0322 e. The van der Waals surface area contributed by atoms with Gasteiger partial charge in [0.05, 0.1) is 0 Å². The third-order valence-corrected chi connectivity index (χ3v) is 8.22. The number of hydrogen-bond donors (Lipinski definition) is 1. The summed E-state index contributed by atoms with van der Waals surface area (Å²) in [5.41, 5.74) is 3.77. The van der Waals surface area contributed by atoms with E-state index < -0.39 is 0 Å². The van der Waals surface area contributed by atoms with Crippen molar-refractivity contribution in [1.82, 2.24) is 15.6 Å². The average Bonchev–Trinajstić information content (AvgIpc) is 3.27. The van der Waals surface area contributed by atoms with E-state index in [4.69, 9.17) is 0 Å². The van der Waals surface area contributed by atoms with Crippen LogP contribution in [0.1, 0.15) is 77.0 Å². The van der Waals surface area contributed by atoms with Crippen LogP contribution in [0.4, 0.5) is 0 Å². The van der Waals surface area contributed by atoms with Gasteiger partial charge in [-0.15, -0.1) is 0 Å². The quantitative estimate of drug-likeness (QED) is 0.717. The molecule has 24 heavy (non-hydrogen) atoms. The lowest BCUT2D eigenvalue weighted by Gasteiger charge is -2.45. The van der Waals surface area contributed by atoms with Gasteiger partial charge in [-0.3, -0.25) is 0 Å². The zero-order valence-electron chi connectivity index (χ0n) is 15.5. The van der Waals surface area contributed by atoms with E-state index in [-0.39, 0.29) is 0 Å². The molecule has 1 N–H and O–H groups in total. The van der Waals surface area contributed by atoms with Crippen molar-refractivity contribution in [2.45, 2.75) is 83.1 Å². The minimum atomic E-state index is 0.857. The van der Waals surface area contributed by atoms with E-state index in [1.54, 1.807) is 6.42 Å². The minimum absolute atomic E-state index is 0.857. The number of nitrogens with zero attached hydrogens (tertiary/aromatic N) is 2. The van der Waals surface area contributed by atoms with Crippen LogP contribution < -0.4 is 5.43 Å². The van der Waals surface area contributed by atoms with E-state index in [1.165, 1.54) is 90.3 Å². The lowest BCUT2D eigenvalue weighted by atomic mass is 9.77. The van der Waals surface area contributed by atoms with Crippen LogP contribution >= 0.6 is 0 Å². The molecule has 0 aromatic rings. The summed E-state index contributed by atoms with van der Waals surface area (Å²) >= 11 is 0. The van der Waals surface area contributed by atoms with Crippen LogP contribution in [-0.4, -0.2) is 35.8 Å². The molecule has 2 saturated carbocycles. The molecule has 3 heterocycles. The van der Waals surface area contributed by atoms with Crippen molar-refractivity contribution in [3.8, 4) is 0 Å². The fraction of sp³-hybridized carbons (Fsp3) is 1.00. The van der Waals surface area contributed by atoms with Gasteiger partial charge in [0.25, 0.3) is 0 Å². The zero-order valence-corrected chi connectivity index (χ0v) is 15.5. The summed E-state index contributed by atoms with van der Waals surface area (Å²) in [6.45, 7) is 3.83. The molecule has 5 aliphatic rings. The average molecular weight is 332 g/mol. The molecule has 3 saturated heterocycles. The first-order chi connectivity index (χ1) is 11.9. The van der Waals surface area contributed by atoms with Crippen molar-refractivity contribution in [3.05, 3.63) is 0 Å². The molecule has 5 fully saturated rings. The third kappa shape index (κ3) is 3.17. The molecule has 3 aliphatic heterocycles. The van der Waals surface area contributed by atoms with Crippen LogP contribution in [0.25, 0.3) is 0 Å². The molecule has 0 aromatic heterocycles. The molecular formula is C21H37N3. The normalized spacial score (nSPS) is 49.8. The van der Waals surface area contributed by atoms with Gasteiger partial charge in [0.15, 0.2) is 0 Å². The lowest BCUT2D eigenvalue weighted by molar-refractivity contribution is -0.122. The summed E-state index contributed by atoms with van der Waals surface area (Å²) in [4.78, 5) is 0. The van der Waals surface area contributed by atoms with E-state index in [0.717, 1.165) is 35.6 Å². The standard InChI is InChI=1S/C21H37N3/c1-2-4-6-18-14-20(18)19-9-11-22-24(15-19)23-12-10-17-8-7-16(5-3-1)13-21(17)23/h16-22H,1-15H2. The van der Waals surface area contributed by atoms with Gasteiger partial charge in [-0.2, -0.15) is 5.12 Å². The Balaban J connectivity index is 1.32. The molecule has 0 radical (unpaired) electrons. The van der Waals surface area contributed by atoms with E-state index in [9.17, 15) is 0 Å². The zero-order chi connectivity index (χ0) is 15.9. The van der Waals surface area contributed by atoms with Crippen molar-refractivity contribution < 1.29 is 0 Å². The Morgan fingerprint density at radius 3 is 2.58 bits per heavy atom. The highest BCUT2D eigenvalue weighted by Gasteiger charge is 2.46. The molecule has 7 unspecified atom stereocenters. The third-order valence-electron chi connectivity index (χ3n) is 8.22. The van der Waals surface area contributed by atoms with Gasteiger partial charge >= 0.3 is 0 Å². The van der Waals surface area contributed by atoms with E-state index in [1.807, 2.05) is 0 Å². The second-order valence-corrected chi connectivity index (χ2v) is 9.65. The number of rotatable bonds is 0. The molecule has 0 aromatic carbocycles. The Labute approximate surface area is 148 Å². The van der Waals surface area contributed by atoms with Crippen molar-refractivity contribution in [2.75, 3.05) is 19.6 Å². The number of nitrogens with one attached hydrogen (secondary N) is 1. The summed E-state index contributed by atoms with van der Waals surface area (Å²) < 4.78 is 0. The molecule has 5 rings (SSSR count). The predicted octanol–water partition coefficient (Wildman–Crippen LogP) is 4.21. The molecule has 3 nitrogen and oxygen atoms in total. The van der Waals surface area contributed by atoms with Gasteiger partial charge in [-0.25, -0.2) is 10.4 Å². The number of hydrogen-bond acceptors (Lipinski definition) is 3. The molecule has 0 spiro atoms. The maximum absolute atomic E-state index is 3.77. The first-order valence-electron chi connectivity index (χ1n) is 11.2. The number of hydrazine groups is 2. The summed E-state index contributed by atoms with van der Waals surface area (Å²) in [5.74, 6) is 5.14. The SMILES string of the molecule is C1CCCC2CC2C2CCNN(C2)N2CCC3CCC(CC1)CC32. The monoisotopic (exact) mass is 331 g/mol. The van der Waals surface area contributed by atoms with Crippen LogP contribution in [0.2, 0.25) is 0 Å². The van der Waals surface area contributed by atoms with E-state index >= 15 is 0 Å². The molecule has 7 atom stereocenters. The summed E-state index contributed by atoms with van der Waals surface area (Å²) in [5, 5.41) is 5.40. The second-order valence-electron chi connectivity index (χ2n) is 9.65. The molecule has 136 valence electrons. The first kappa shape index (κ1) is 16.1. The Hall–Kier alpha value is -0.120. The van der Waals surface area contributed by atoms with Crippen molar-refractivity contribution >= 4 is 0 Å². The van der Waals surface area contributed by atoms with Gasteiger partial charge in [0, 0.05) is 25.7 Å². The minimum Gasteiger partial charge on any atom is -0.241 e. The number of fused-ring (bicyclic) bond motifs is 6. The Morgan fingerprint density at radius 1 is 0.708 bits per heavy atom. The highest BCUT2D eigenvalue weighted by Crippen LogP contribution is 2.50. The maximum atomic E-state index is 3.77. The fourth-order valence-electron chi connectivity index (χ4n) is 6.70. The Morgan fingerprint density at radius 2 is 1.62 bits per heavy atom. The van der Waals surface area contributed by atoms with Gasteiger partial charge in [0.2, 0.25) is 0 Å². The smallest absolute Gasteiger partial charge is 0.0322 e. The highest BCUT2D eigenvalue weighted by molar-refractivity contribution is 4.95. The van der Waals surface area contributed by atoms with Crippen LogP contribution in [0.5, 0.6) is 0 Å².